The summed E-state index contributed by atoms with van der Waals surface area (Å²) in [5, 5.41) is 0.780. The van der Waals surface area contributed by atoms with Crippen molar-refractivity contribution in [3.63, 3.8) is 0 Å². The maximum absolute atomic E-state index is 6.04. The Balaban J connectivity index is 2.01. The van der Waals surface area contributed by atoms with Crippen molar-refractivity contribution in [2.24, 2.45) is 11.7 Å². The topological polar surface area (TPSA) is 26.0 Å². The third kappa shape index (κ3) is 2.45. The molecule has 1 saturated carbocycles. The lowest BCUT2D eigenvalue weighted by molar-refractivity contribution is 0.597. The molecule has 0 aromatic heterocycles. The van der Waals surface area contributed by atoms with Gasteiger partial charge in [0.1, 0.15) is 0 Å². The number of rotatable bonds is 3. The molecule has 1 aromatic rings. The van der Waals surface area contributed by atoms with Gasteiger partial charge < -0.3 is 5.73 Å². The fourth-order valence-electron chi connectivity index (χ4n) is 1.56. The molecular formula is C11H14ClN. The SMILES string of the molecule is NC(CC1CC1)c1ccc(Cl)cc1. The summed E-state index contributed by atoms with van der Waals surface area (Å²) in [6.45, 7) is 0. The van der Waals surface area contributed by atoms with Crippen LogP contribution in [0.3, 0.4) is 0 Å². The minimum Gasteiger partial charge on any atom is -0.324 e. The van der Waals surface area contributed by atoms with Gasteiger partial charge in [-0.3, -0.25) is 0 Å². The second-order valence-corrected chi connectivity index (χ2v) is 4.27. The van der Waals surface area contributed by atoms with E-state index in [9.17, 15) is 0 Å². The van der Waals surface area contributed by atoms with E-state index in [1.807, 2.05) is 24.3 Å². The second kappa shape index (κ2) is 3.69. The Bertz CT molecular complexity index is 277. The van der Waals surface area contributed by atoms with Crippen LogP contribution in [0.4, 0.5) is 0 Å². The predicted molar refractivity (Wildman–Crippen MR) is 55.7 cm³/mol. The summed E-state index contributed by atoms with van der Waals surface area (Å²) >= 11 is 5.79. The minimum atomic E-state index is 0.199. The number of hydrogen-bond donors (Lipinski definition) is 1. The maximum Gasteiger partial charge on any atom is 0.0406 e. The van der Waals surface area contributed by atoms with E-state index in [4.69, 9.17) is 17.3 Å². The van der Waals surface area contributed by atoms with Crippen molar-refractivity contribution in [1.82, 2.24) is 0 Å². The molecule has 13 heavy (non-hydrogen) atoms. The quantitative estimate of drug-likeness (QED) is 0.788. The molecule has 0 radical (unpaired) electrons. The predicted octanol–water partition coefficient (Wildman–Crippen LogP) is 3.14. The van der Waals surface area contributed by atoms with Crippen LogP contribution in [-0.4, -0.2) is 0 Å². The van der Waals surface area contributed by atoms with Gasteiger partial charge in [-0.05, 0) is 30.0 Å². The summed E-state index contributed by atoms with van der Waals surface area (Å²) in [5.74, 6) is 0.880. The van der Waals surface area contributed by atoms with Crippen molar-refractivity contribution in [2.75, 3.05) is 0 Å². The highest BCUT2D eigenvalue weighted by molar-refractivity contribution is 6.30. The molecule has 2 N–H and O–H groups in total. The first-order valence-electron chi connectivity index (χ1n) is 4.77. The minimum absolute atomic E-state index is 0.199. The van der Waals surface area contributed by atoms with Gasteiger partial charge in [-0.25, -0.2) is 0 Å². The van der Waals surface area contributed by atoms with E-state index in [1.165, 1.54) is 18.4 Å². The summed E-state index contributed by atoms with van der Waals surface area (Å²) < 4.78 is 0. The fraction of sp³-hybridized carbons (Fsp3) is 0.455. The highest BCUT2D eigenvalue weighted by atomic mass is 35.5. The van der Waals surface area contributed by atoms with Crippen molar-refractivity contribution >= 4 is 11.6 Å². The van der Waals surface area contributed by atoms with Crippen LogP contribution >= 0.6 is 11.6 Å². The molecule has 2 heteroatoms. The number of halogens is 1. The Morgan fingerprint density at radius 1 is 1.31 bits per heavy atom. The molecule has 0 amide bonds. The Kier molecular flexibility index (Phi) is 2.56. The molecule has 0 saturated heterocycles. The zero-order chi connectivity index (χ0) is 9.26. The first kappa shape index (κ1) is 9.04. The molecule has 70 valence electrons. The molecule has 1 aliphatic rings. The van der Waals surface area contributed by atoms with E-state index < -0.39 is 0 Å². The average molecular weight is 196 g/mol. The van der Waals surface area contributed by atoms with Gasteiger partial charge in [0.15, 0.2) is 0 Å². The highest BCUT2D eigenvalue weighted by Gasteiger charge is 2.24. The lowest BCUT2D eigenvalue weighted by Gasteiger charge is -2.10. The molecule has 0 heterocycles. The van der Waals surface area contributed by atoms with E-state index in [2.05, 4.69) is 0 Å². The van der Waals surface area contributed by atoms with Crippen molar-refractivity contribution in [1.29, 1.82) is 0 Å². The molecule has 2 rings (SSSR count). The third-order valence-corrected chi connectivity index (χ3v) is 2.83. The molecule has 0 spiro atoms. The van der Waals surface area contributed by atoms with Crippen LogP contribution in [0.25, 0.3) is 0 Å². The summed E-state index contributed by atoms with van der Waals surface area (Å²) in [4.78, 5) is 0. The molecule has 1 aliphatic carbocycles. The van der Waals surface area contributed by atoms with Crippen LogP contribution in [0.15, 0.2) is 24.3 Å². The molecule has 1 fully saturated rings. The van der Waals surface area contributed by atoms with Crippen LogP contribution in [-0.2, 0) is 0 Å². The molecular weight excluding hydrogens is 182 g/mol. The second-order valence-electron chi connectivity index (χ2n) is 3.84. The summed E-state index contributed by atoms with van der Waals surface area (Å²) in [6.07, 6.45) is 3.85. The Hall–Kier alpha value is -0.530. The van der Waals surface area contributed by atoms with Crippen LogP contribution in [0.1, 0.15) is 30.9 Å². The van der Waals surface area contributed by atoms with Gasteiger partial charge in [0.05, 0.1) is 0 Å². The summed E-state index contributed by atoms with van der Waals surface area (Å²) in [6, 6.07) is 8.06. The molecule has 1 nitrogen and oxygen atoms in total. The maximum atomic E-state index is 6.04. The molecule has 1 unspecified atom stereocenters. The standard InChI is InChI=1S/C11H14ClN/c12-10-5-3-9(4-6-10)11(13)7-8-1-2-8/h3-6,8,11H,1-2,7,13H2. The van der Waals surface area contributed by atoms with Gasteiger partial charge in [0.2, 0.25) is 0 Å². The van der Waals surface area contributed by atoms with Gasteiger partial charge >= 0.3 is 0 Å². The largest absolute Gasteiger partial charge is 0.324 e. The fourth-order valence-corrected chi connectivity index (χ4v) is 1.68. The Morgan fingerprint density at radius 3 is 2.46 bits per heavy atom. The molecule has 1 atom stereocenters. The normalized spacial score (nSPS) is 18.6. The van der Waals surface area contributed by atoms with Crippen molar-refractivity contribution in [3.8, 4) is 0 Å². The lowest BCUT2D eigenvalue weighted by Crippen LogP contribution is -2.10. The Labute approximate surface area is 83.9 Å². The number of hydrogen-bond acceptors (Lipinski definition) is 1. The van der Waals surface area contributed by atoms with E-state index in [0.29, 0.717) is 0 Å². The van der Waals surface area contributed by atoms with Crippen molar-refractivity contribution < 1.29 is 0 Å². The molecule has 0 aliphatic heterocycles. The van der Waals surface area contributed by atoms with E-state index in [1.54, 1.807) is 0 Å². The van der Waals surface area contributed by atoms with Crippen LogP contribution in [0.2, 0.25) is 5.02 Å². The first-order chi connectivity index (χ1) is 6.25. The first-order valence-corrected chi connectivity index (χ1v) is 5.14. The van der Waals surface area contributed by atoms with Gasteiger partial charge in [-0.2, -0.15) is 0 Å². The smallest absolute Gasteiger partial charge is 0.0406 e. The van der Waals surface area contributed by atoms with Crippen LogP contribution in [0.5, 0.6) is 0 Å². The van der Waals surface area contributed by atoms with Gasteiger partial charge in [-0.15, -0.1) is 0 Å². The van der Waals surface area contributed by atoms with E-state index in [-0.39, 0.29) is 6.04 Å². The summed E-state index contributed by atoms with van der Waals surface area (Å²) in [7, 11) is 0. The van der Waals surface area contributed by atoms with E-state index in [0.717, 1.165) is 17.4 Å². The van der Waals surface area contributed by atoms with Gasteiger partial charge in [-0.1, -0.05) is 36.6 Å². The van der Waals surface area contributed by atoms with Crippen molar-refractivity contribution in [3.05, 3.63) is 34.9 Å². The van der Waals surface area contributed by atoms with E-state index >= 15 is 0 Å². The van der Waals surface area contributed by atoms with Crippen LogP contribution < -0.4 is 5.73 Å². The lowest BCUT2D eigenvalue weighted by atomic mass is 10.0. The van der Waals surface area contributed by atoms with Gasteiger partial charge in [0, 0.05) is 11.1 Å². The molecule has 1 aromatic carbocycles. The van der Waals surface area contributed by atoms with Crippen molar-refractivity contribution in [2.45, 2.75) is 25.3 Å². The molecule has 0 bridgehead atoms. The highest BCUT2D eigenvalue weighted by Crippen LogP contribution is 2.36. The number of benzene rings is 1. The Morgan fingerprint density at radius 2 is 1.92 bits per heavy atom. The number of nitrogens with two attached hydrogens (primary N) is 1. The monoisotopic (exact) mass is 195 g/mol. The third-order valence-electron chi connectivity index (χ3n) is 2.58. The summed E-state index contributed by atoms with van der Waals surface area (Å²) in [5.41, 5.74) is 7.25. The van der Waals surface area contributed by atoms with Gasteiger partial charge in [0.25, 0.3) is 0 Å². The van der Waals surface area contributed by atoms with Crippen LogP contribution in [0, 0.1) is 5.92 Å². The zero-order valence-electron chi connectivity index (χ0n) is 7.54. The zero-order valence-corrected chi connectivity index (χ0v) is 8.30. The average Bonchev–Trinajstić information content (AvgIpc) is 2.89.